The lowest BCUT2D eigenvalue weighted by Gasteiger charge is -2.39. The topological polar surface area (TPSA) is 18.5 Å². The molecule has 0 unspecified atom stereocenters. The van der Waals surface area contributed by atoms with Crippen LogP contribution in [0.25, 0.3) is 0 Å². The van der Waals surface area contributed by atoms with Gasteiger partial charge in [-0.3, -0.25) is 0 Å². The highest BCUT2D eigenvalue weighted by Gasteiger charge is 2.39. The van der Waals surface area contributed by atoms with Gasteiger partial charge in [0.2, 0.25) is 0 Å². The normalized spacial score (nSPS) is 15.6. The van der Waals surface area contributed by atoms with Gasteiger partial charge >= 0.3 is 0 Å². The average molecular weight is 266 g/mol. The third-order valence-corrected chi connectivity index (χ3v) is 7.86. The van der Waals surface area contributed by atoms with Crippen LogP contribution in [0, 0.1) is 12.3 Å². The smallest absolute Gasteiger partial charge is 0.193 e. The van der Waals surface area contributed by atoms with Crippen molar-refractivity contribution >= 4 is 8.32 Å². The van der Waals surface area contributed by atoms with E-state index in [4.69, 9.17) is 15.6 Å². The van der Waals surface area contributed by atoms with E-state index in [-0.39, 0.29) is 23.9 Å². The summed E-state index contributed by atoms with van der Waals surface area (Å²) >= 11 is 0. The van der Waals surface area contributed by atoms with Gasteiger partial charge < -0.3 is 9.16 Å². The fourth-order valence-corrected chi connectivity index (χ4v) is 2.47. The minimum Gasteiger partial charge on any atom is -0.408 e. The van der Waals surface area contributed by atoms with Crippen LogP contribution in [0.15, 0.2) is 25.3 Å². The summed E-state index contributed by atoms with van der Waals surface area (Å²) in [5.41, 5.74) is 0. The Bertz CT molecular complexity index is 320. The summed E-state index contributed by atoms with van der Waals surface area (Å²) in [4.78, 5) is 0. The standard InChI is InChI=1S/C15H26O2Si/c1-9-12-16-13(10-2)14(11-3)17-18(7,8)15(4,5)6/h1,10-11,13-14H,2-3,12H2,4-8H3/t13-,14-/m1/s1. The molecule has 0 aliphatic carbocycles. The van der Waals surface area contributed by atoms with Crippen LogP contribution >= 0.6 is 0 Å². The molecule has 102 valence electrons. The number of terminal acetylenes is 1. The molecule has 0 aliphatic heterocycles. The van der Waals surface area contributed by atoms with E-state index in [0.29, 0.717) is 0 Å². The largest absolute Gasteiger partial charge is 0.408 e. The Morgan fingerprint density at radius 1 is 1.22 bits per heavy atom. The predicted molar refractivity (Wildman–Crippen MR) is 81.0 cm³/mol. The van der Waals surface area contributed by atoms with Crippen molar-refractivity contribution in [1.29, 1.82) is 0 Å². The highest BCUT2D eigenvalue weighted by Crippen LogP contribution is 2.37. The number of hydrogen-bond acceptors (Lipinski definition) is 2. The molecule has 0 aromatic rings. The van der Waals surface area contributed by atoms with E-state index < -0.39 is 8.32 Å². The minimum atomic E-state index is -1.86. The monoisotopic (exact) mass is 266 g/mol. The Morgan fingerprint density at radius 3 is 2.06 bits per heavy atom. The molecule has 0 spiro atoms. The molecule has 3 heteroatoms. The van der Waals surface area contributed by atoms with Gasteiger partial charge in [0.05, 0.1) is 6.10 Å². The summed E-state index contributed by atoms with van der Waals surface area (Å²) in [5, 5.41) is 0.145. The summed E-state index contributed by atoms with van der Waals surface area (Å²) < 4.78 is 11.8. The van der Waals surface area contributed by atoms with Crippen LogP contribution < -0.4 is 0 Å². The van der Waals surface area contributed by atoms with Crippen LogP contribution in [0.1, 0.15) is 20.8 Å². The van der Waals surface area contributed by atoms with Gasteiger partial charge in [-0.2, -0.15) is 0 Å². The molecule has 0 saturated carbocycles. The van der Waals surface area contributed by atoms with Crippen LogP contribution in [0.3, 0.4) is 0 Å². The maximum Gasteiger partial charge on any atom is 0.193 e. The lowest BCUT2D eigenvalue weighted by atomic mass is 10.2. The van der Waals surface area contributed by atoms with Crippen LogP contribution in [-0.4, -0.2) is 27.1 Å². The van der Waals surface area contributed by atoms with Gasteiger partial charge in [0.25, 0.3) is 0 Å². The Kier molecular flexibility index (Phi) is 6.62. The number of ether oxygens (including phenoxy) is 1. The summed E-state index contributed by atoms with van der Waals surface area (Å²) in [5.74, 6) is 2.46. The molecule has 0 aromatic heterocycles. The van der Waals surface area contributed by atoms with E-state index in [1.54, 1.807) is 12.2 Å². The zero-order valence-electron chi connectivity index (χ0n) is 12.3. The zero-order chi connectivity index (χ0) is 14.4. The molecule has 2 nitrogen and oxygen atoms in total. The molecule has 0 bridgehead atoms. The second-order valence-electron chi connectivity index (χ2n) is 5.79. The first kappa shape index (κ1) is 17.2. The number of hydrogen-bond donors (Lipinski definition) is 0. The molecular weight excluding hydrogens is 240 g/mol. The molecule has 0 amide bonds. The first-order valence-corrected chi connectivity index (χ1v) is 9.08. The van der Waals surface area contributed by atoms with Crippen molar-refractivity contribution in [2.45, 2.75) is 51.1 Å². The Labute approximate surface area is 113 Å². The lowest BCUT2D eigenvalue weighted by molar-refractivity contribution is 0.0332. The lowest BCUT2D eigenvalue weighted by Crippen LogP contribution is -2.46. The zero-order valence-corrected chi connectivity index (χ0v) is 13.3. The Balaban J connectivity index is 4.83. The van der Waals surface area contributed by atoms with E-state index in [9.17, 15) is 0 Å². The highest BCUT2D eigenvalue weighted by molar-refractivity contribution is 6.74. The summed E-state index contributed by atoms with van der Waals surface area (Å²) in [6.45, 7) is 18.8. The van der Waals surface area contributed by atoms with Gasteiger partial charge in [0.15, 0.2) is 8.32 Å². The molecule has 0 aliphatic rings. The molecule has 0 aromatic carbocycles. The van der Waals surface area contributed by atoms with Gasteiger partial charge in [-0.05, 0) is 18.1 Å². The minimum absolute atomic E-state index is 0.145. The molecular formula is C15H26O2Si. The fraction of sp³-hybridized carbons (Fsp3) is 0.600. The van der Waals surface area contributed by atoms with Crippen molar-refractivity contribution < 1.29 is 9.16 Å². The first-order valence-electron chi connectivity index (χ1n) is 6.17. The summed E-state index contributed by atoms with van der Waals surface area (Å²) in [6.07, 6.45) is 8.25. The predicted octanol–water partition coefficient (Wildman–Crippen LogP) is 3.77. The van der Waals surface area contributed by atoms with Crippen molar-refractivity contribution in [3.63, 3.8) is 0 Å². The maximum atomic E-state index is 6.26. The van der Waals surface area contributed by atoms with Crippen molar-refractivity contribution in [3.8, 4) is 12.3 Å². The summed E-state index contributed by atoms with van der Waals surface area (Å²) in [6, 6.07) is 0. The van der Waals surface area contributed by atoms with E-state index in [2.05, 4.69) is 52.9 Å². The molecule has 2 atom stereocenters. The SMILES string of the molecule is C#CCO[C@H](C=C)[C@@H](C=C)O[Si](C)(C)C(C)(C)C. The van der Waals surface area contributed by atoms with Crippen molar-refractivity contribution in [2.24, 2.45) is 0 Å². The van der Waals surface area contributed by atoms with Crippen LogP contribution in [0.4, 0.5) is 0 Å². The third-order valence-electron chi connectivity index (χ3n) is 3.38. The van der Waals surface area contributed by atoms with Crippen molar-refractivity contribution in [1.82, 2.24) is 0 Å². The molecule has 0 rings (SSSR count). The molecule has 18 heavy (non-hydrogen) atoms. The van der Waals surface area contributed by atoms with Crippen molar-refractivity contribution in [3.05, 3.63) is 25.3 Å². The molecule has 0 fully saturated rings. The highest BCUT2D eigenvalue weighted by atomic mass is 28.4. The van der Waals surface area contributed by atoms with Crippen LogP contribution in [0.5, 0.6) is 0 Å². The van der Waals surface area contributed by atoms with E-state index in [1.807, 2.05) is 0 Å². The van der Waals surface area contributed by atoms with Gasteiger partial charge in [0, 0.05) is 0 Å². The van der Waals surface area contributed by atoms with E-state index in [0.717, 1.165) is 0 Å². The summed E-state index contributed by atoms with van der Waals surface area (Å²) in [7, 11) is -1.86. The first-order chi connectivity index (χ1) is 8.19. The molecule has 0 radical (unpaired) electrons. The van der Waals surface area contributed by atoms with Gasteiger partial charge in [-0.15, -0.1) is 19.6 Å². The Morgan fingerprint density at radius 2 is 1.72 bits per heavy atom. The van der Waals surface area contributed by atoms with E-state index >= 15 is 0 Å². The van der Waals surface area contributed by atoms with E-state index in [1.165, 1.54) is 0 Å². The van der Waals surface area contributed by atoms with Crippen LogP contribution in [0.2, 0.25) is 18.1 Å². The van der Waals surface area contributed by atoms with Crippen molar-refractivity contribution in [2.75, 3.05) is 6.61 Å². The third kappa shape index (κ3) is 4.81. The Hall–Kier alpha value is -0.823. The second kappa shape index (κ2) is 6.94. The molecule has 0 heterocycles. The fourth-order valence-electron chi connectivity index (χ4n) is 1.21. The van der Waals surface area contributed by atoms with Crippen LogP contribution in [-0.2, 0) is 9.16 Å². The molecule has 0 N–H and O–H groups in total. The second-order valence-corrected chi connectivity index (χ2v) is 10.6. The molecule has 0 saturated heterocycles. The average Bonchev–Trinajstić information content (AvgIpc) is 2.26. The maximum absolute atomic E-state index is 6.26. The number of rotatable bonds is 7. The van der Waals surface area contributed by atoms with Gasteiger partial charge in [-0.25, -0.2) is 0 Å². The van der Waals surface area contributed by atoms with Gasteiger partial charge in [-0.1, -0.05) is 38.8 Å². The van der Waals surface area contributed by atoms with Gasteiger partial charge in [0.1, 0.15) is 12.7 Å². The quantitative estimate of drug-likeness (QED) is 0.397.